The Kier molecular flexibility index (Phi) is 10.6. The molecule has 35 heavy (non-hydrogen) atoms. The second-order valence-corrected chi connectivity index (χ2v) is 7.43. The summed E-state index contributed by atoms with van der Waals surface area (Å²) in [6.07, 6.45) is 0. The van der Waals surface area contributed by atoms with Crippen molar-refractivity contribution in [3.8, 4) is 17.2 Å². The normalized spacial score (nSPS) is 9.60. The van der Waals surface area contributed by atoms with Crippen LogP contribution in [0.25, 0.3) is 32.3 Å². The molecule has 0 fully saturated rings. The molecule has 0 bridgehead atoms. The van der Waals surface area contributed by atoms with Gasteiger partial charge in [-0.2, -0.15) is 0 Å². The topological polar surface area (TPSA) is 69.2 Å². The van der Waals surface area contributed by atoms with Gasteiger partial charge in [-0.05, 0) is 32.3 Å². The Bertz CT molecular complexity index is 1320. The molecule has 170 valence electrons. The van der Waals surface area contributed by atoms with E-state index >= 15 is 0 Å². The van der Waals surface area contributed by atoms with E-state index in [0.717, 1.165) is 32.3 Å². The number of fused-ring (bicyclic) bond motifs is 3. The molecule has 0 unspecified atom stereocenters. The third-order valence-electron chi connectivity index (χ3n) is 5.25. The van der Waals surface area contributed by atoms with Crippen LogP contribution in [-0.2, 0) is 21.7 Å². The molecule has 0 aliphatic rings. The molecule has 5 heteroatoms. The quantitative estimate of drug-likeness (QED) is 0.294. The molecule has 6 aromatic carbocycles. The predicted molar refractivity (Wildman–Crippen MR) is 130 cm³/mol. The summed E-state index contributed by atoms with van der Waals surface area (Å²) in [6, 6.07) is 38.7. The molecule has 0 saturated heterocycles. The Labute approximate surface area is 225 Å². The van der Waals surface area contributed by atoms with Crippen LogP contribution >= 0.6 is 0 Å². The molecule has 0 amide bonds. The Balaban J connectivity index is 0.000000180. The van der Waals surface area contributed by atoms with Gasteiger partial charge in [-0.3, -0.25) is 0 Å². The fraction of sp³-hybridized carbons (Fsp3) is 0. The molecule has 3 nitrogen and oxygen atoms in total. The second kappa shape index (κ2) is 13.4. The maximum Gasteiger partial charge on any atom is 4.00 e. The molecule has 0 N–H and O–H groups in total. The zero-order chi connectivity index (χ0) is 23.0. The fourth-order valence-electron chi connectivity index (χ4n) is 3.59. The molecule has 6 rings (SSSR count). The molecule has 0 spiro atoms. The SMILES string of the molecule is [Cl-].[O-]c1cccc2ccccc12.[O-]c1cccc2ccccc12.[O-]c1cccc2ccccc12.[Ti+4]. The van der Waals surface area contributed by atoms with Crippen molar-refractivity contribution in [2.75, 3.05) is 0 Å². The van der Waals surface area contributed by atoms with Gasteiger partial charge in [0.15, 0.2) is 0 Å². The average Bonchev–Trinajstić information content (AvgIpc) is 2.86. The van der Waals surface area contributed by atoms with Gasteiger partial charge in [-0.15, -0.1) is 17.2 Å². The van der Waals surface area contributed by atoms with Gasteiger partial charge in [-0.25, -0.2) is 0 Å². The molecule has 0 saturated carbocycles. The van der Waals surface area contributed by atoms with Crippen LogP contribution in [0.15, 0.2) is 127 Å². The first kappa shape index (κ1) is 27.7. The molecule has 0 heterocycles. The van der Waals surface area contributed by atoms with E-state index < -0.39 is 0 Å². The van der Waals surface area contributed by atoms with Crippen LogP contribution in [0.1, 0.15) is 0 Å². The van der Waals surface area contributed by atoms with E-state index in [1.807, 2.05) is 91.0 Å². The van der Waals surface area contributed by atoms with E-state index in [2.05, 4.69) is 0 Å². The number of hydrogen-bond donors (Lipinski definition) is 0. The minimum Gasteiger partial charge on any atom is -1.00 e. The van der Waals surface area contributed by atoms with Crippen LogP contribution in [-0.4, -0.2) is 0 Å². The molecule has 0 aromatic heterocycles. The summed E-state index contributed by atoms with van der Waals surface area (Å²) in [4.78, 5) is 0. The minimum absolute atomic E-state index is 0. The zero-order valence-electron chi connectivity index (χ0n) is 18.7. The summed E-state index contributed by atoms with van der Waals surface area (Å²) in [5, 5.41) is 39.0. The van der Waals surface area contributed by atoms with E-state index in [1.165, 1.54) is 0 Å². The third kappa shape index (κ3) is 7.00. The average molecular weight is 513 g/mol. The predicted octanol–water partition coefficient (Wildman–Crippen LogP) is 2.74. The standard InChI is InChI=1S/3C10H8O.ClH.Ti/c3*11-10-7-3-5-8-4-1-2-6-9(8)10;;/h3*1-7,11H;1H;/q;;;;+4/p-4. The van der Waals surface area contributed by atoms with Gasteiger partial charge < -0.3 is 27.7 Å². The van der Waals surface area contributed by atoms with Gasteiger partial charge in [0.1, 0.15) is 0 Å². The van der Waals surface area contributed by atoms with Crippen LogP contribution in [0, 0.1) is 0 Å². The van der Waals surface area contributed by atoms with Crippen LogP contribution in [0.4, 0.5) is 0 Å². The molecule has 0 radical (unpaired) electrons. The summed E-state index contributed by atoms with van der Waals surface area (Å²) >= 11 is 0. The fourth-order valence-corrected chi connectivity index (χ4v) is 3.59. The number of benzene rings is 6. The van der Waals surface area contributed by atoms with E-state index in [1.54, 1.807) is 36.4 Å². The summed E-state index contributed by atoms with van der Waals surface area (Å²) < 4.78 is 0. The Morgan fingerprint density at radius 3 is 0.800 bits per heavy atom. The van der Waals surface area contributed by atoms with Crippen molar-refractivity contribution in [2.45, 2.75) is 0 Å². The molecule has 0 atom stereocenters. The van der Waals surface area contributed by atoms with E-state index in [9.17, 15) is 15.3 Å². The van der Waals surface area contributed by atoms with Gasteiger partial charge in [0, 0.05) is 0 Å². The summed E-state index contributed by atoms with van der Waals surface area (Å²) in [7, 11) is 0. The van der Waals surface area contributed by atoms with Crippen molar-refractivity contribution in [3.05, 3.63) is 127 Å². The Morgan fingerprint density at radius 1 is 0.314 bits per heavy atom. The maximum atomic E-state index is 11.2. The minimum atomic E-state index is 0. The number of rotatable bonds is 0. The van der Waals surface area contributed by atoms with E-state index in [0.29, 0.717) is 0 Å². The largest absolute Gasteiger partial charge is 4.00 e. The smallest absolute Gasteiger partial charge is 1.00 e. The molecule has 0 aliphatic heterocycles. The van der Waals surface area contributed by atoms with Gasteiger partial charge >= 0.3 is 21.7 Å². The van der Waals surface area contributed by atoms with E-state index in [-0.39, 0.29) is 51.4 Å². The molecular formula is C30H21ClO3Ti. The Hall–Kier alpha value is -3.50. The van der Waals surface area contributed by atoms with Crippen LogP contribution in [0.3, 0.4) is 0 Å². The van der Waals surface area contributed by atoms with Crippen molar-refractivity contribution in [2.24, 2.45) is 0 Å². The first-order chi connectivity index (χ1) is 16.1. The first-order valence-corrected chi connectivity index (χ1v) is 10.6. The van der Waals surface area contributed by atoms with E-state index in [4.69, 9.17) is 0 Å². The monoisotopic (exact) mass is 512 g/mol. The van der Waals surface area contributed by atoms with Gasteiger partial charge in [0.2, 0.25) is 0 Å². The summed E-state index contributed by atoms with van der Waals surface area (Å²) in [5.74, 6) is 0.300. The summed E-state index contributed by atoms with van der Waals surface area (Å²) in [6.45, 7) is 0. The Morgan fingerprint density at radius 2 is 0.543 bits per heavy atom. The third-order valence-corrected chi connectivity index (χ3v) is 5.25. The first-order valence-electron chi connectivity index (χ1n) is 10.6. The van der Waals surface area contributed by atoms with Crippen LogP contribution in [0.2, 0.25) is 0 Å². The summed E-state index contributed by atoms with van der Waals surface area (Å²) in [5.41, 5.74) is 0. The van der Waals surface area contributed by atoms with Crippen molar-refractivity contribution >= 4 is 32.3 Å². The van der Waals surface area contributed by atoms with Gasteiger partial charge in [-0.1, -0.05) is 127 Å². The zero-order valence-corrected chi connectivity index (χ0v) is 21.0. The second-order valence-electron chi connectivity index (χ2n) is 7.43. The van der Waals surface area contributed by atoms with Crippen molar-refractivity contribution in [1.82, 2.24) is 0 Å². The van der Waals surface area contributed by atoms with Crippen molar-refractivity contribution in [1.29, 1.82) is 0 Å². The van der Waals surface area contributed by atoms with Gasteiger partial charge in [0.05, 0.1) is 0 Å². The van der Waals surface area contributed by atoms with Crippen molar-refractivity contribution < 1.29 is 49.4 Å². The van der Waals surface area contributed by atoms with Gasteiger partial charge in [0.25, 0.3) is 0 Å². The van der Waals surface area contributed by atoms with Crippen LogP contribution < -0.4 is 27.7 Å². The molecule has 0 aliphatic carbocycles. The number of hydrogen-bond acceptors (Lipinski definition) is 3. The van der Waals surface area contributed by atoms with Crippen LogP contribution in [0.5, 0.6) is 17.2 Å². The molecular weight excluding hydrogens is 492 g/mol. The molecule has 6 aromatic rings. The maximum absolute atomic E-state index is 11.2. The van der Waals surface area contributed by atoms with Crippen molar-refractivity contribution in [3.63, 3.8) is 0 Å². The number of halogens is 1.